The first-order valence-electron chi connectivity index (χ1n) is 14.1. The summed E-state index contributed by atoms with van der Waals surface area (Å²) in [5.74, 6) is 0.0745. The zero-order valence-electron chi connectivity index (χ0n) is 22.9. The van der Waals surface area contributed by atoms with Crippen LogP contribution >= 0.6 is 0 Å². The lowest BCUT2D eigenvalue weighted by Gasteiger charge is -2.43. The molecule has 2 heterocycles. The van der Waals surface area contributed by atoms with E-state index in [4.69, 9.17) is 9.47 Å². The van der Waals surface area contributed by atoms with E-state index >= 15 is 0 Å². The largest absolute Gasteiger partial charge is 0.395 e. The number of hydrogen-bond donors (Lipinski definition) is 4. The molecule has 2 saturated heterocycles. The van der Waals surface area contributed by atoms with E-state index in [2.05, 4.69) is 22.5 Å². The Labute approximate surface area is 235 Å². The molecule has 0 bridgehead atoms. The van der Waals surface area contributed by atoms with Crippen molar-refractivity contribution in [1.82, 2.24) is 10.2 Å². The van der Waals surface area contributed by atoms with E-state index in [1.54, 1.807) is 0 Å². The fourth-order valence-corrected chi connectivity index (χ4v) is 5.58. The number of rotatable bonds is 9. The summed E-state index contributed by atoms with van der Waals surface area (Å²) in [4.78, 5) is 14.7. The van der Waals surface area contributed by atoms with Gasteiger partial charge < -0.3 is 30.3 Å². The van der Waals surface area contributed by atoms with Gasteiger partial charge in [-0.05, 0) is 48.2 Å². The molecule has 8 heteroatoms. The average Bonchev–Trinajstić information content (AvgIpc) is 3.45. The van der Waals surface area contributed by atoms with Crippen LogP contribution in [0.5, 0.6) is 0 Å². The fourth-order valence-electron chi connectivity index (χ4n) is 5.58. The number of urea groups is 1. The third-order valence-corrected chi connectivity index (χ3v) is 7.98. The molecule has 2 aliphatic rings. The number of aliphatic hydroxyl groups excluding tert-OH is 2. The molecule has 3 aromatic carbocycles. The van der Waals surface area contributed by atoms with Gasteiger partial charge in [0.2, 0.25) is 0 Å². The first-order valence-corrected chi connectivity index (χ1v) is 14.1. The van der Waals surface area contributed by atoms with Gasteiger partial charge in [0.25, 0.3) is 0 Å². The molecular weight excluding hydrogens is 506 g/mol. The molecule has 4 N–H and O–H groups in total. The van der Waals surface area contributed by atoms with E-state index in [9.17, 15) is 15.0 Å². The molecule has 0 aromatic heterocycles. The van der Waals surface area contributed by atoms with Crippen LogP contribution in [0, 0.1) is 5.92 Å². The number of likely N-dealkylation sites (tertiary alicyclic amines) is 1. The number of hydrogen-bond acceptors (Lipinski definition) is 6. The van der Waals surface area contributed by atoms with Gasteiger partial charge in [-0.25, -0.2) is 4.79 Å². The Morgan fingerprint density at radius 2 is 1.65 bits per heavy atom. The first kappa shape index (κ1) is 28.3. The minimum atomic E-state index is -0.583. The highest BCUT2D eigenvalue weighted by atomic mass is 16.7. The van der Waals surface area contributed by atoms with Crippen LogP contribution in [0.25, 0.3) is 0 Å². The van der Waals surface area contributed by atoms with Gasteiger partial charge in [0, 0.05) is 36.3 Å². The number of ether oxygens (including phenoxy) is 2. The molecular formula is C32H39N3O5. The summed E-state index contributed by atoms with van der Waals surface area (Å²) in [7, 11) is 0. The van der Waals surface area contributed by atoms with Crippen LogP contribution in [0.4, 0.5) is 10.5 Å². The van der Waals surface area contributed by atoms with Crippen LogP contribution in [-0.2, 0) is 22.6 Å². The van der Waals surface area contributed by atoms with Crippen molar-refractivity contribution < 1.29 is 24.5 Å². The highest BCUT2D eigenvalue weighted by Crippen LogP contribution is 2.42. The van der Waals surface area contributed by atoms with Crippen molar-refractivity contribution in [3.05, 3.63) is 101 Å². The smallest absolute Gasteiger partial charge is 0.319 e. The number of anilines is 1. The third-order valence-electron chi connectivity index (χ3n) is 7.98. The maximum Gasteiger partial charge on any atom is 0.319 e. The molecule has 8 nitrogen and oxygen atoms in total. The number of carbonyl (C=O) groups is 1. The second kappa shape index (κ2) is 13.4. The van der Waals surface area contributed by atoms with Gasteiger partial charge >= 0.3 is 6.03 Å². The molecule has 0 saturated carbocycles. The zero-order valence-corrected chi connectivity index (χ0v) is 22.9. The minimum absolute atomic E-state index is 0.00209. The lowest BCUT2D eigenvalue weighted by atomic mass is 9.90. The van der Waals surface area contributed by atoms with Crippen molar-refractivity contribution in [2.24, 2.45) is 5.92 Å². The number of aliphatic hydroxyl groups is 2. The van der Waals surface area contributed by atoms with Crippen LogP contribution in [0.1, 0.15) is 54.4 Å². The predicted molar refractivity (Wildman–Crippen MR) is 153 cm³/mol. The number of benzene rings is 3. The van der Waals surface area contributed by atoms with E-state index in [-0.39, 0.29) is 43.4 Å². The summed E-state index contributed by atoms with van der Waals surface area (Å²) in [5.41, 5.74) is 4.47. The van der Waals surface area contributed by atoms with Crippen LogP contribution in [-0.4, -0.2) is 53.0 Å². The molecule has 0 unspecified atom stereocenters. The molecule has 5 atom stereocenters. The van der Waals surface area contributed by atoms with Gasteiger partial charge in [0.15, 0.2) is 6.29 Å². The van der Waals surface area contributed by atoms with E-state index in [0.29, 0.717) is 12.2 Å². The van der Waals surface area contributed by atoms with Gasteiger partial charge in [0.05, 0.1) is 25.4 Å². The molecule has 0 radical (unpaired) electrons. The first-order chi connectivity index (χ1) is 19.5. The molecule has 2 aliphatic heterocycles. The van der Waals surface area contributed by atoms with Gasteiger partial charge in [-0.3, -0.25) is 4.90 Å². The maximum absolute atomic E-state index is 12.4. The standard InChI is InChI=1S/C32H39N3O5/c1-22-29(19-35-17-5-8-28(35)21-37)39-31(40-30(22)25-11-9-24(20-36)10-12-25)26-13-15-27(16-14-26)34-32(38)33-18-23-6-3-2-4-7-23/h2-4,6-7,9-16,22,28-31,36-37H,5,8,17-21H2,1H3,(H2,33,34,38)/t22-,28-,29+,30+,31+/m0/s1. The summed E-state index contributed by atoms with van der Waals surface area (Å²) in [6, 6.07) is 25.1. The van der Waals surface area contributed by atoms with Crippen LogP contribution in [0.2, 0.25) is 0 Å². The molecule has 2 fully saturated rings. The molecule has 0 spiro atoms. The van der Waals surface area contributed by atoms with Gasteiger partial charge in [0.1, 0.15) is 0 Å². The van der Waals surface area contributed by atoms with Crippen LogP contribution in [0.15, 0.2) is 78.9 Å². The second-order valence-corrected chi connectivity index (χ2v) is 10.7. The van der Waals surface area contributed by atoms with Crippen molar-refractivity contribution in [2.75, 3.05) is 25.0 Å². The Kier molecular flexibility index (Phi) is 9.46. The van der Waals surface area contributed by atoms with Crippen molar-refractivity contribution >= 4 is 11.7 Å². The summed E-state index contributed by atoms with van der Waals surface area (Å²) < 4.78 is 13.1. The van der Waals surface area contributed by atoms with Crippen LogP contribution in [0.3, 0.4) is 0 Å². The van der Waals surface area contributed by atoms with E-state index in [0.717, 1.165) is 48.2 Å². The Morgan fingerprint density at radius 1 is 0.925 bits per heavy atom. The Bertz CT molecular complexity index is 1220. The molecule has 212 valence electrons. The zero-order chi connectivity index (χ0) is 27.9. The van der Waals surface area contributed by atoms with Crippen molar-refractivity contribution in [2.45, 2.75) is 57.5 Å². The summed E-state index contributed by atoms with van der Waals surface area (Å²) in [5, 5.41) is 25.1. The van der Waals surface area contributed by atoms with E-state index < -0.39 is 6.29 Å². The monoisotopic (exact) mass is 545 g/mol. The van der Waals surface area contributed by atoms with Gasteiger partial charge in [-0.15, -0.1) is 0 Å². The number of carbonyl (C=O) groups excluding carboxylic acids is 1. The minimum Gasteiger partial charge on any atom is -0.395 e. The molecule has 5 rings (SSSR count). The average molecular weight is 546 g/mol. The van der Waals surface area contributed by atoms with Crippen molar-refractivity contribution in [3.63, 3.8) is 0 Å². The summed E-state index contributed by atoms with van der Waals surface area (Å²) in [6.45, 7) is 4.42. The normalized spacial score (nSPS) is 25.0. The SMILES string of the molecule is C[C@H]1[C@@H](CN2CCC[C@H]2CO)O[C@@H](c2ccc(NC(=O)NCc3ccccc3)cc2)O[C@H]1c1ccc(CO)cc1. The van der Waals surface area contributed by atoms with E-state index in [1.165, 1.54) is 0 Å². The van der Waals surface area contributed by atoms with Gasteiger partial charge in [-0.1, -0.05) is 73.7 Å². The fraction of sp³-hybridized carbons (Fsp3) is 0.406. The predicted octanol–water partition coefficient (Wildman–Crippen LogP) is 4.75. The highest BCUT2D eigenvalue weighted by molar-refractivity contribution is 5.89. The number of amides is 2. The molecule has 0 aliphatic carbocycles. The molecule has 40 heavy (non-hydrogen) atoms. The van der Waals surface area contributed by atoms with E-state index in [1.807, 2.05) is 78.9 Å². The lowest BCUT2D eigenvalue weighted by molar-refractivity contribution is -0.276. The van der Waals surface area contributed by atoms with Crippen LogP contribution < -0.4 is 10.6 Å². The number of nitrogens with zero attached hydrogens (tertiary/aromatic N) is 1. The summed E-state index contributed by atoms with van der Waals surface area (Å²) in [6.07, 6.45) is 1.19. The Morgan fingerprint density at radius 3 is 2.35 bits per heavy atom. The lowest BCUT2D eigenvalue weighted by Crippen LogP contribution is -2.46. The second-order valence-electron chi connectivity index (χ2n) is 10.7. The van der Waals surface area contributed by atoms with Crippen molar-refractivity contribution in [1.29, 1.82) is 0 Å². The summed E-state index contributed by atoms with van der Waals surface area (Å²) >= 11 is 0. The molecule has 2 amide bonds. The number of nitrogens with one attached hydrogen (secondary N) is 2. The topological polar surface area (TPSA) is 103 Å². The molecule has 3 aromatic rings. The maximum atomic E-state index is 12.4. The highest BCUT2D eigenvalue weighted by Gasteiger charge is 2.40. The Hall–Kier alpha value is -3.27. The van der Waals surface area contributed by atoms with Crippen molar-refractivity contribution in [3.8, 4) is 0 Å². The Balaban J connectivity index is 1.28. The quantitative estimate of drug-likeness (QED) is 0.310. The third kappa shape index (κ3) is 6.89. The van der Waals surface area contributed by atoms with Gasteiger partial charge in [-0.2, -0.15) is 0 Å².